The largest absolute Gasteiger partial charge is 0.255 e. The Morgan fingerprint density at radius 2 is 1.34 bits per heavy atom. The number of hydrogen-bond donors (Lipinski definition) is 0. The van der Waals surface area contributed by atoms with Crippen LogP contribution in [0.2, 0.25) is 19.1 Å². The van der Waals surface area contributed by atoms with Crippen molar-refractivity contribution in [1.82, 2.24) is 9.97 Å². The van der Waals surface area contributed by atoms with E-state index in [1.807, 2.05) is 30.5 Å². The molecule has 0 saturated heterocycles. The van der Waals surface area contributed by atoms with E-state index in [9.17, 15) is 0 Å². The lowest BCUT2D eigenvalue weighted by Crippen LogP contribution is -2.42. The normalized spacial score (nSPS) is 12.5. The molecule has 0 aliphatic carbocycles. The highest BCUT2D eigenvalue weighted by Gasteiger charge is 2.30. The molecule has 0 N–H and O–H groups in total. The van der Waals surface area contributed by atoms with Gasteiger partial charge in [0, 0.05) is 17.8 Å². The van der Waals surface area contributed by atoms with Gasteiger partial charge in [0.1, 0.15) is 0 Å². The van der Waals surface area contributed by atoms with E-state index in [0.717, 1.165) is 23.1 Å². The summed E-state index contributed by atoms with van der Waals surface area (Å²) in [5.74, 6) is 0.265. The Hall–Kier alpha value is -3.04. The van der Waals surface area contributed by atoms with Gasteiger partial charge in [0.05, 0.1) is 19.5 Å². The number of rotatable bonds is 6. The minimum Gasteiger partial charge on any atom is -0.255 e. The van der Waals surface area contributed by atoms with Crippen LogP contribution in [0, 0.1) is 0 Å². The van der Waals surface area contributed by atoms with Gasteiger partial charge in [-0.15, -0.1) is 0 Å². The van der Waals surface area contributed by atoms with Gasteiger partial charge in [-0.3, -0.25) is 9.97 Å². The van der Waals surface area contributed by atoms with Gasteiger partial charge in [-0.05, 0) is 35.9 Å². The van der Waals surface area contributed by atoms with Gasteiger partial charge < -0.3 is 0 Å². The molecular weight excluding hydrogens is 368 g/mol. The average molecular weight is 395 g/mol. The van der Waals surface area contributed by atoms with Crippen LogP contribution < -0.4 is 5.19 Å². The van der Waals surface area contributed by atoms with Crippen LogP contribution in [-0.2, 0) is 0 Å². The van der Waals surface area contributed by atoms with Crippen LogP contribution in [0.1, 0.15) is 17.2 Å². The Morgan fingerprint density at radius 1 is 0.690 bits per heavy atom. The summed E-state index contributed by atoms with van der Waals surface area (Å²) in [5, 5.41) is 1.49. The van der Waals surface area contributed by atoms with Crippen molar-refractivity contribution >= 4 is 13.3 Å². The second-order valence-electron chi connectivity index (χ2n) is 8.08. The predicted octanol–water partition coefficient (Wildman–Crippen LogP) is 5.89. The third kappa shape index (κ3) is 4.52. The fourth-order valence-corrected chi connectivity index (χ4v) is 6.69. The maximum absolute atomic E-state index is 5.06. The van der Waals surface area contributed by atoms with E-state index in [2.05, 4.69) is 90.9 Å². The highest BCUT2D eigenvalue weighted by Crippen LogP contribution is 2.33. The fraction of sp³-hybridized carbons (Fsp3) is 0.154. The molecule has 2 aromatic carbocycles. The van der Waals surface area contributed by atoms with E-state index in [-0.39, 0.29) is 5.92 Å². The zero-order chi connectivity index (χ0) is 20.1. The molecule has 0 spiro atoms. The highest BCUT2D eigenvalue weighted by atomic mass is 28.3. The smallest absolute Gasteiger partial charge is 0.0889 e. The number of nitrogens with zero attached hydrogens (tertiary/aromatic N) is 2. The van der Waals surface area contributed by atoms with Gasteiger partial charge in [-0.2, -0.15) is 0 Å². The van der Waals surface area contributed by atoms with Gasteiger partial charge in [0.15, 0.2) is 0 Å². The Balaban J connectivity index is 1.74. The first-order chi connectivity index (χ1) is 14.1. The standard InChI is InChI=1S/C26H26N2Si/c1-29(2,22-14-7-4-8-15-22)20-23(21-12-5-3-6-13-21)24-17-11-18-26(28-24)25-16-9-10-19-27-25/h3-19,23H,20H2,1-2H3. The quantitative estimate of drug-likeness (QED) is 0.381. The summed E-state index contributed by atoms with van der Waals surface area (Å²) in [6.45, 7) is 4.92. The summed E-state index contributed by atoms with van der Waals surface area (Å²) in [6, 6.07) is 35.2. The Labute approximate surface area is 174 Å². The first-order valence-electron chi connectivity index (χ1n) is 10.1. The maximum Gasteiger partial charge on any atom is 0.0889 e. The van der Waals surface area contributed by atoms with Gasteiger partial charge in [-0.25, -0.2) is 0 Å². The number of hydrogen-bond acceptors (Lipinski definition) is 2. The van der Waals surface area contributed by atoms with E-state index in [1.54, 1.807) is 0 Å². The lowest BCUT2D eigenvalue weighted by atomic mass is 9.96. The zero-order valence-electron chi connectivity index (χ0n) is 17.0. The van der Waals surface area contributed by atoms with E-state index in [4.69, 9.17) is 4.98 Å². The van der Waals surface area contributed by atoms with E-state index in [0.29, 0.717) is 0 Å². The topological polar surface area (TPSA) is 25.8 Å². The lowest BCUT2D eigenvalue weighted by molar-refractivity contribution is 0.856. The number of aromatic nitrogens is 2. The molecule has 0 radical (unpaired) electrons. The van der Waals surface area contributed by atoms with Crippen LogP contribution in [0.5, 0.6) is 0 Å². The van der Waals surface area contributed by atoms with Crippen molar-refractivity contribution in [2.75, 3.05) is 0 Å². The monoisotopic (exact) mass is 394 g/mol. The highest BCUT2D eigenvalue weighted by molar-refractivity contribution is 6.89. The predicted molar refractivity (Wildman–Crippen MR) is 124 cm³/mol. The minimum absolute atomic E-state index is 0.265. The molecule has 1 atom stereocenters. The van der Waals surface area contributed by atoms with Crippen LogP contribution in [0.4, 0.5) is 0 Å². The number of pyridine rings is 2. The van der Waals surface area contributed by atoms with Crippen LogP contribution in [0.3, 0.4) is 0 Å². The third-order valence-electron chi connectivity index (χ3n) is 5.53. The second kappa shape index (κ2) is 8.54. The second-order valence-corrected chi connectivity index (χ2v) is 12.8. The Bertz CT molecular complexity index is 1050. The summed E-state index contributed by atoms with van der Waals surface area (Å²) in [5.41, 5.74) is 4.30. The molecule has 0 fully saturated rings. The van der Waals surface area contributed by atoms with Crippen molar-refractivity contribution in [1.29, 1.82) is 0 Å². The van der Waals surface area contributed by atoms with Crippen molar-refractivity contribution in [3.63, 3.8) is 0 Å². The summed E-state index contributed by atoms with van der Waals surface area (Å²) < 4.78 is 0. The molecule has 4 aromatic rings. The van der Waals surface area contributed by atoms with E-state index >= 15 is 0 Å². The third-order valence-corrected chi connectivity index (χ3v) is 8.85. The average Bonchev–Trinajstić information content (AvgIpc) is 2.79. The minimum atomic E-state index is -1.66. The molecule has 2 aromatic heterocycles. The van der Waals surface area contributed by atoms with E-state index < -0.39 is 8.07 Å². The molecule has 0 amide bonds. The van der Waals surface area contributed by atoms with E-state index in [1.165, 1.54) is 10.8 Å². The van der Waals surface area contributed by atoms with Crippen molar-refractivity contribution in [3.8, 4) is 11.4 Å². The van der Waals surface area contributed by atoms with Crippen molar-refractivity contribution in [2.24, 2.45) is 0 Å². The molecule has 144 valence electrons. The van der Waals surface area contributed by atoms with Gasteiger partial charge in [0.2, 0.25) is 0 Å². The molecule has 2 heterocycles. The van der Waals surface area contributed by atoms with Gasteiger partial charge in [-0.1, -0.05) is 91.1 Å². The molecule has 29 heavy (non-hydrogen) atoms. The van der Waals surface area contributed by atoms with Crippen molar-refractivity contribution in [2.45, 2.75) is 25.1 Å². The maximum atomic E-state index is 5.06. The van der Waals surface area contributed by atoms with Crippen molar-refractivity contribution in [3.05, 3.63) is 115 Å². The van der Waals surface area contributed by atoms with Crippen LogP contribution in [0.25, 0.3) is 11.4 Å². The molecule has 0 bridgehead atoms. The summed E-state index contributed by atoms with van der Waals surface area (Å²) in [4.78, 5) is 9.55. The van der Waals surface area contributed by atoms with Gasteiger partial charge in [0.25, 0.3) is 0 Å². The summed E-state index contributed by atoms with van der Waals surface area (Å²) in [7, 11) is -1.66. The molecule has 0 aliphatic heterocycles. The summed E-state index contributed by atoms with van der Waals surface area (Å²) in [6.07, 6.45) is 1.82. The molecule has 0 saturated carbocycles. The first kappa shape index (κ1) is 19.3. The van der Waals surface area contributed by atoms with Crippen LogP contribution in [0.15, 0.2) is 103 Å². The number of benzene rings is 2. The SMILES string of the molecule is C[Si](C)(CC(c1ccccc1)c1cccc(-c2ccccn2)n1)c1ccccc1. The first-order valence-corrected chi connectivity index (χ1v) is 13.3. The molecule has 0 aliphatic rings. The molecule has 2 nitrogen and oxygen atoms in total. The fourth-order valence-electron chi connectivity index (χ4n) is 3.90. The lowest BCUT2D eigenvalue weighted by Gasteiger charge is -2.29. The Morgan fingerprint density at radius 3 is 2.03 bits per heavy atom. The molecular formula is C26H26N2Si. The van der Waals surface area contributed by atoms with Crippen LogP contribution in [-0.4, -0.2) is 18.0 Å². The molecule has 4 rings (SSSR count). The Kier molecular flexibility index (Phi) is 5.68. The van der Waals surface area contributed by atoms with Crippen LogP contribution >= 0.6 is 0 Å². The summed E-state index contributed by atoms with van der Waals surface area (Å²) >= 11 is 0. The molecule has 1 unspecified atom stereocenters. The van der Waals surface area contributed by atoms with Crippen molar-refractivity contribution < 1.29 is 0 Å². The van der Waals surface area contributed by atoms with Gasteiger partial charge >= 0.3 is 0 Å². The molecule has 3 heteroatoms. The zero-order valence-corrected chi connectivity index (χ0v) is 18.0.